The number of ether oxygens (including phenoxy) is 1. The molecule has 2 aromatic rings. The van der Waals surface area contributed by atoms with Gasteiger partial charge in [0.25, 0.3) is 0 Å². The minimum absolute atomic E-state index is 0.567. The van der Waals surface area contributed by atoms with Crippen LogP contribution in [0.15, 0.2) is 72.8 Å². The third-order valence-corrected chi connectivity index (χ3v) is 6.35. The quantitative estimate of drug-likeness (QED) is 0.338. The van der Waals surface area contributed by atoms with Gasteiger partial charge in [-0.05, 0) is 23.1 Å². The lowest BCUT2D eigenvalue weighted by Gasteiger charge is -2.26. The Morgan fingerprint density at radius 2 is 1.52 bits per heavy atom. The molecule has 0 fully saturated rings. The fourth-order valence-corrected chi connectivity index (χ4v) is 4.61. The van der Waals surface area contributed by atoms with E-state index < -0.39 is 8.07 Å². The molecule has 23 heavy (non-hydrogen) atoms. The molecule has 0 aromatic heterocycles. The largest absolute Gasteiger partial charge is 0.376 e. The average Bonchev–Trinajstić information content (AvgIpc) is 2.54. The van der Waals surface area contributed by atoms with Crippen LogP contribution in [0.2, 0.25) is 19.6 Å². The Morgan fingerprint density at radius 1 is 0.913 bits per heavy atom. The molecule has 0 unspecified atom stereocenters. The van der Waals surface area contributed by atoms with Crippen molar-refractivity contribution in [2.45, 2.75) is 38.2 Å². The second kappa shape index (κ2) is 8.85. The van der Waals surface area contributed by atoms with Crippen molar-refractivity contribution in [3.63, 3.8) is 0 Å². The van der Waals surface area contributed by atoms with Crippen LogP contribution in [-0.4, -0.2) is 14.7 Å². The minimum atomic E-state index is -1.28. The first-order chi connectivity index (χ1) is 11.1. The van der Waals surface area contributed by atoms with Crippen molar-refractivity contribution in [2.24, 2.45) is 0 Å². The van der Waals surface area contributed by atoms with Crippen molar-refractivity contribution in [3.05, 3.63) is 83.9 Å². The van der Waals surface area contributed by atoms with Crippen molar-refractivity contribution in [1.29, 1.82) is 0 Å². The Bertz CT molecular complexity index is 584. The van der Waals surface area contributed by atoms with Crippen LogP contribution in [0.5, 0.6) is 0 Å². The van der Waals surface area contributed by atoms with E-state index in [4.69, 9.17) is 4.74 Å². The van der Waals surface area contributed by atoms with Gasteiger partial charge in [-0.3, -0.25) is 0 Å². The third kappa shape index (κ3) is 6.17. The maximum atomic E-state index is 5.75. The summed E-state index contributed by atoms with van der Waals surface area (Å²) >= 11 is 0. The summed E-state index contributed by atoms with van der Waals surface area (Å²) in [5, 5.41) is 0. The molecule has 0 bridgehead atoms. The molecule has 0 aliphatic heterocycles. The molecular formula is C21H28OSi. The molecule has 0 spiro atoms. The highest BCUT2D eigenvalue weighted by Gasteiger charge is 2.25. The van der Waals surface area contributed by atoms with Gasteiger partial charge in [0, 0.05) is 0 Å². The van der Waals surface area contributed by atoms with Crippen molar-refractivity contribution >= 4 is 8.07 Å². The monoisotopic (exact) mass is 324 g/mol. The van der Waals surface area contributed by atoms with E-state index in [1.54, 1.807) is 0 Å². The summed E-state index contributed by atoms with van der Waals surface area (Å²) in [7, 11) is -1.28. The van der Waals surface area contributed by atoms with Crippen molar-refractivity contribution in [1.82, 2.24) is 0 Å². The molecule has 0 aliphatic carbocycles. The molecule has 2 aromatic carbocycles. The summed E-state index contributed by atoms with van der Waals surface area (Å²) in [6, 6.07) is 21.2. The van der Waals surface area contributed by atoms with Gasteiger partial charge in [0.1, 0.15) is 0 Å². The molecule has 0 heterocycles. The molecule has 0 saturated carbocycles. The van der Waals surface area contributed by atoms with Gasteiger partial charge in [-0.25, -0.2) is 0 Å². The maximum Gasteiger partial charge on any atom is 0.0717 e. The maximum absolute atomic E-state index is 5.75. The van der Waals surface area contributed by atoms with Gasteiger partial charge < -0.3 is 4.74 Å². The molecule has 0 radical (unpaired) electrons. The molecule has 0 N–H and O–H groups in total. The van der Waals surface area contributed by atoms with Crippen molar-refractivity contribution in [2.75, 3.05) is 6.61 Å². The lowest BCUT2D eigenvalue weighted by atomic mass is 10.1. The van der Waals surface area contributed by atoms with Crippen molar-refractivity contribution < 1.29 is 4.74 Å². The van der Waals surface area contributed by atoms with Gasteiger partial charge >= 0.3 is 0 Å². The van der Waals surface area contributed by atoms with Crippen LogP contribution >= 0.6 is 0 Å². The Hall–Kier alpha value is -1.64. The van der Waals surface area contributed by atoms with Crippen LogP contribution in [-0.2, 0) is 11.3 Å². The first-order valence-electron chi connectivity index (χ1n) is 8.40. The van der Waals surface area contributed by atoms with E-state index in [0.717, 1.165) is 13.0 Å². The van der Waals surface area contributed by atoms with Gasteiger partial charge in [0.15, 0.2) is 0 Å². The molecule has 0 aliphatic rings. The van der Waals surface area contributed by atoms with E-state index in [1.165, 1.54) is 11.1 Å². The Kier molecular flexibility index (Phi) is 6.81. The zero-order valence-electron chi connectivity index (χ0n) is 14.5. The van der Waals surface area contributed by atoms with Gasteiger partial charge in [-0.1, -0.05) is 92.5 Å². The molecule has 122 valence electrons. The Balaban J connectivity index is 1.82. The van der Waals surface area contributed by atoms with Crippen LogP contribution in [0.4, 0.5) is 0 Å². The highest BCUT2D eigenvalue weighted by atomic mass is 28.3. The third-order valence-electron chi connectivity index (χ3n) is 3.96. The predicted molar refractivity (Wildman–Crippen MR) is 102 cm³/mol. The Labute approximate surface area is 142 Å². The topological polar surface area (TPSA) is 9.23 Å². The van der Waals surface area contributed by atoms with Crippen LogP contribution in [0, 0.1) is 0 Å². The molecule has 1 nitrogen and oxygen atoms in total. The predicted octanol–water partition coefficient (Wildman–Crippen LogP) is 5.81. The zero-order valence-corrected chi connectivity index (χ0v) is 15.5. The van der Waals surface area contributed by atoms with Crippen molar-refractivity contribution in [3.8, 4) is 0 Å². The summed E-state index contributed by atoms with van der Waals surface area (Å²) < 4.78 is 5.75. The normalized spacial score (nSPS) is 13.3. The second-order valence-corrected chi connectivity index (χ2v) is 12.4. The smallest absolute Gasteiger partial charge is 0.0717 e. The molecular weight excluding hydrogens is 296 g/mol. The number of benzene rings is 2. The van der Waals surface area contributed by atoms with Crippen LogP contribution in [0.3, 0.4) is 0 Å². The number of hydrogen-bond acceptors (Lipinski definition) is 1. The SMILES string of the molecule is C[Si](C)(C)[C@@H](/C=C/CCOCc1ccccc1)c1ccccc1. The standard InChI is InChI=1S/C21H28OSi/c1-23(2,3)21(20-14-8-5-9-15-20)16-10-11-17-22-18-19-12-6-4-7-13-19/h4-10,12-16,21H,11,17-18H2,1-3H3/b16-10+/t21-/m0/s1. The van der Waals surface area contributed by atoms with E-state index in [1.807, 2.05) is 6.07 Å². The molecule has 0 saturated heterocycles. The summed E-state index contributed by atoms with van der Waals surface area (Å²) in [6.07, 6.45) is 5.66. The lowest BCUT2D eigenvalue weighted by molar-refractivity contribution is 0.125. The highest BCUT2D eigenvalue weighted by Crippen LogP contribution is 2.28. The molecule has 0 amide bonds. The van der Waals surface area contributed by atoms with E-state index >= 15 is 0 Å². The van der Waals surface area contributed by atoms with Gasteiger partial charge in [-0.15, -0.1) is 0 Å². The first kappa shape index (κ1) is 17.7. The number of rotatable bonds is 8. The highest BCUT2D eigenvalue weighted by molar-refractivity contribution is 6.78. The number of hydrogen-bond donors (Lipinski definition) is 0. The second-order valence-electron chi connectivity index (χ2n) is 7.01. The van der Waals surface area contributed by atoms with Crippen LogP contribution < -0.4 is 0 Å². The number of allylic oxidation sites excluding steroid dienone is 1. The van der Waals surface area contributed by atoms with Crippen LogP contribution in [0.1, 0.15) is 23.1 Å². The first-order valence-corrected chi connectivity index (χ1v) is 12.0. The van der Waals surface area contributed by atoms with E-state index in [9.17, 15) is 0 Å². The molecule has 1 atom stereocenters. The lowest BCUT2D eigenvalue weighted by Crippen LogP contribution is -2.29. The molecule has 2 rings (SSSR count). The summed E-state index contributed by atoms with van der Waals surface area (Å²) in [4.78, 5) is 0. The fraction of sp³-hybridized carbons (Fsp3) is 0.333. The van der Waals surface area contributed by atoms with Gasteiger partial charge in [-0.2, -0.15) is 0 Å². The summed E-state index contributed by atoms with van der Waals surface area (Å²) in [5.74, 6) is 0. The van der Waals surface area contributed by atoms with Gasteiger partial charge in [0.05, 0.1) is 21.3 Å². The van der Waals surface area contributed by atoms with E-state index in [-0.39, 0.29) is 0 Å². The summed E-state index contributed by atoms with van der Waals surface area (Å²) in [6.45, 7) is 8.77. The molecule has 2 heteroatoms. The van der Waals surface area contributed by atoms with Crippen LogP contribution in [0.25, 0.3) is 0 Å². The Morgan fingerprint density at radius 3 is 2.13 bits per heavy atom. The zero-order chi connectivity index (χ0) is 16.5. The fourth-order valence-electron chi connectivity index (χ4n) is 2.71. The summed E-state index contributed by atoms with van der Waals surface area (Å²) in [5.41, 5.74) is 3.24. The minimum Gasteiger partial charge on any atom is -0.376 e. The van der Waals surface area contributed by atoms with E-state index in [2.05, 4.69) is 86.4 Å². The average molecular weight is 325 g/mol. The van der Waals surface area contributed by atoms with Gasteiger partial charge in [0.2, 0.25) is 0 Å². The van der Waals surface area contributed by atoms with E-state index in [0.29, 0.717) is 12.1 Å².